The fourth-order valence-electron chi connectivity index (χ4n) is 1.69. The molecule has 1 N–H and O–H groups in total. The zero-order valence-electron chi connectivity index (χ0n) is 10.7. The van der Waals surface area contributed by atoms with E-state index in [0.29, 0.717) is 0 Å². The number of aromatic nitrogens is 2. The number of aromatic carboxylic acids is 1. The molecule has 0 saturated heterocycles. The van der Waals surface area contributed by atoms with Gasteiger partial charge in [0.05, 0.1) is 0 Å². The van der Waals surface area contributed by atoms with Gasteiger partial charge in [-0.1, -0.05) is 0 Å². The lowest BCUT2D eigenvalue weighted by atomic mass is 9.99. The van der Waals surface area contributed by atoms with Crippen molar-refractivity contribution in [2.24, 2.45) is 0 Å². The average molecular weight is 258 g/mol. The molecule has 0 radical (unpaired) electrons. The van der Waals surface area contributed by atoms with Crippen LogP contribution in [0.5, 0.6) is 5.88 Å². The number of pyridine rings is 2. The zero-order chi connectivity index (χ0) is 13.9. The molecule has 2 aromatic heterocycles. The van der Waals surface area contributed by atoms with E-state index in [4.69, 9.17) is 9.84 Å². The van der Waals surface area contributed by atoms with E-state index in [0.717, 1.165) is 5.56 Å². The van der Waals surface area contributed by atoms with Crippen LogP contribution in [0.3, 0.4) is 0 Å². The molecule has 2 aromatic rings. The molecule has 0 saturated carbocycles. The van der Waals surface area contributed by atoms with Crippen LogP contribution in [0.4, 0.5) is 0 Å². The summed E-state index contributed by atoms with van der Waals surface area (Å²) in [6, 6.07) is 6.68. The van der Waals surface area contributed by atoms with Crippen LogP contribution < -0.4 is 4.74 Å². The molecule has 0 aliphatic heterocycles. The second-order valence-corrected chi connectivity index (χ2v) is 4.51. The number of ether oxygens (including phenoxy) is 1. The Hall–Kier alpha value is -2.43. The first-order chi connectivity index (χ1) is 9.00. The van der Waals surface area contributed by atoms with Gasteiger partial charge in [0.15, 0.2) is 0 Å². The molecule has 0 fully saturated rings. The van der Waals surface area contributed by atoms with Crippen molar-refractivity contribution in [1.82, 2.24) is 9.97 Å². The van der Waals surface area contributed by atoms with Gasteiger partial charge >= 0.3 is 5.97 Å². The Balaban J connectivity index is 2.33. The molecule has 0 aliphatic rings. The number of carboxylic acids is 1. The van der Waals surface area contributed by atoms with Gasteiger partial charge in [-0.15, -0.1) is 0 Å². The first-order valence-electron chi connectivity index (χ1n) is 5.78. The number of hydrogen-bond donors (Lipinski definition) is 1. The van der Waals surface area contributed by atoms with Crippen LogP contribution >= 0.6 is 0 Å². The van der Waals surface area contributed by atoms with Gasteiger partial charge in [0, 0.05) is 18.6 Å². The molecule has 19 heavy (non-hydrogen) atoms. The fraction of sp³-hybridized carbons (Fsp3) is 0.214. The first kappa shape index (κ1) is 13.0. The first-order valence-corrected chi connectivity index (χ1v) is 5.78. The molecule has 0 atom stereocenters. The lowest BCUT2D eigenvalue weighted by Gasteiger charge is -2.26. The number of hydrogen-bond acceptors (Lipinski definition) is 4. The van der Waals surface area contributed by atoms with E-state index >= 15 is 0 Å². The van der Waals surface area contributed by atoms with E-state index in [1.807, 2.05) is 26.0 Å². The number of rotatable bonds is 4. The maximum Gasteiger partial charge on any atom is 0.341 e. The fourth-order valence-corrected chi connectivity index (χ4v) is 1.69. The van der Waals surface area contributed by atoms with Gasteiger partial charge in [0.1, 0.15) is 11.2 Å². The van der Waals surface area contributed by atoms with Crippen LogP contribution in [0.25, 0.3) is 0 Å². The van der Waals surface area contributed by atoms with Crippen LogP contribution in [0.2, 0.25) is 0 Å². The van der Waals surface area contributed by atoms with E-state index in [9.17, 15) is 4.79 Å². The van der Waals surface area contributed by atoms with Crippen molar-refractivity contribution in [3.05, 3.63) is 54.0 Å². The van der Waals surface area contributed by atoms with Gasteiger partial charge in [0.25, 0.3) is 0 Å². The quantitative estimate of drug-likeness (QED) is 0.912. The van der Waals surface area contributed by atoms with E-state index in [1.54, 1.807) is 18.5 Å². The Bertz CT molecular complexity index is 582. The lowest BCUT2D eigenvalue weighted by molar-refractivity contribution is 0.0665. The molecule has 5 heteroatoms. The molecule has 0 bridgehead atoms. The van der Waals surface area contributed by atoms with E-state index in [2.05, 4.69) is 9.97 Å². The minimum Gasteiger partial charge on any atom is -0.477 e. The third-order valence-electron chi connectivity index (χ3n) is 2.73. The standard InChI is InChI=1S/C14H14N2O3/c1-14(2,10-5-8-15-9-6-10)19-12-11(13(17)18)4-3-7-16-12/h3-9H,1-2H3,(H,17,18). The minimum absolute atomic E-state index is 0.0460. The molecule has 0 aromatic carbocycles. The summed E-state index contributed by atoms with van der Waals surface area (Å²) in [6.45, 7) is 3.70. The summed E-state index contributed by atoms with van der Waals surface area (Å²) in [7, 11) is 0. The van der Waals surface area contributed by atoms with Gasteiger partial charge in [-0.05, 0) is 43.7 Å². The third-order valence-corrected chi connectivity index (χ3v) is 2.73. The van der Waals surface area contributed by atoms with Crippen LogP contribution in [-0.2, 0) is 5.60 Å². The van der Waals surface area contributed by atoms with Crippen LogP contribution in [-0.4, -0.2) is 21.0 Å². The number of carbonyl (C=O) groups is 1. The van der Waals surface area contributed by atoms with E-state index in [1.165, 1.54) is 12.3 Å². The maximum atomic E-state index is 11.1. The highest BCUT2D eigenvalue weighted by molar-refractivity contribution is 5.90. The molecule has 0 spiro atoms. The Morgan fingerprint density at radius 2 is 1.89 bits per heavy atom. The van der Waals surface area contributed by atoms with Crippen LogP contribution in [0, 0.1) is 0 Å². The van der Waals surface area contributed by atoms with Crippen molar-refractivity contribution < 1.29 is 14.6 Å². The smallest absolute Gasteiger partial charge is 0.341 e. The predicted molar refractivity (Wildman–Crippen MR) is 69.1 cm³/mol. The Kier molecular flexibility index (Phi) is 3.46. The Morgan fingerprint density at radius 3 is 2.53 bits per heavy atom. The van der Waals surface area contributed by atoms with Crippen molar-refractivity contribution in [3.8, 4) is 5.88 Å². The number of carboxylic acid groups (broad SMARTS) is 1. The summed E-state index contributed by atoms with van der Waals surface area (Å²) in [4.78, 5) is 19.1. The van der Waals surface area contributed by atoms with Gasteiger partial charge in [-0.3, -0.25) is 4.98 Å². The van der Waals surface area contributed by atoms with Gasteiger partial charge in [-0.25, -0.2) is 9.78 Å². The summed E-state index contributed by atoms with van der Waals surface area (Å²) in [5.74, 6) is -0.953. The lowest BCUT2D eigenvalue weighted by Crippen LogP contribution is -2.26. The average Bonchev–Trinajstić information content (AvgIpc) is 2.39. The highest BCUT2D eigenvalue weighted by Gasteiger charge is 2.25. The van der Waals surface area contributed by atoms with Crippen molar-refractivity contribution in [1.29, 1.82) is 0 Å². The molecule has 0 unspecified atom stereocenters. The largest absolute Gasteiger partial charge is 0.477 e. The Labute approximate surface area is 110 Å². The molecular formula is C14H14N2O3. The van der Waals surface area contributed by atoms with Crippen LogP contribution in [0.15, 0.2) is 42.9 Å². The highest BCUT2D eigenvalue weighted by atomic mass is 16.5. The predicted octanol–water partition coefficient (Wildman–Crippen LogP) is 2.49. The molecule has 2 rings (SSSR count). The van der Waals surface area contributed by atoms with Gasteiger partial charge < -0.3 is 9.84 Å². The molecule has 0 amide bonds. The van der Waals surface area contributed by atoms with Gasteiger partial charge in [-0.2, -0.15) is 0 Å². The summed E-state index contributed by atoms with van der Waals surface area (Å²) < 4.78 is 5.76. The maximum absolute atomic E-state index is 11.1. The topological polar surface area (TPSA) is 72.3 Å². The SMILES string of the molecule is CC(C)(Oc1ncccc1C(=O)O)c1ccncc1. The zero-order valence-corrected chi connectivity index (χ0v) is 10.7. The molecule has 0 aliphatic carbocycles. The van der Waals surface area contributed by atoms with Crippen molar-refractivity contribution in [2.75, 3.05) is 0 Å². The van der Waals surface area contributed by atoms with Gasteiger partial charge in [0.2, 0.25) is 5.88 Å². The van der Waals surface area contributed by atoms with Crippen molar-refractivity contribution >= 4 is 5.97 Å². The second kappa shape index (κ2) is 5.06. The van der Waals surface area contributed by atoms with Crippen LogP contribution in [0.1, 0.15) is 29.8 Å². The number of nitrogens with zero attached hydrogens (tertiary/aromatic N) is 2. The summed E-state index contributed by atoms with van der Waals surface area (Å²) in [5, 5.41) is 9.10. The van der Waals surface area contributed by atoms with Crippen molar-refractivity contribution in [3.63, 3.8) is 0 Å². The second-order valence-electron chi connectivity index (χ2n) is 4.51. The molecule has 5 nitrogen and oxygen atoms in total. The normalized spacial score (nSPS) is 11.1. The molecule has 2 heterocycles. The summed E-state index contributed by atoms with van der Waals surface area (Å²) in [6.07, 6.45) is 4.83. The Morgan fingerprint density at radius 1 is 1.21 bits per heavy atom. The summed E-state index contributed by atoms with van der Waals surface area (Å²) >= 11 is 0. The molecule has 98 valence electrons. The van der Waals surface area contributed by atoms with Crippen molar-refractivity contribution in [2.45, 2.75) is 19.4 Å². The van der Waals surface area contributed by atoms with E-state index < -0.39 is 11.6 Å². The third kappa shape index (κ3) is 2.88. The monoisotopic (exact) mass is 258 g/mol. The minimum atomic E-state index is -1.06. The molecular weight excluding hydrogens is 244 g/mol. The highest BCUT2D eigenvalue weighted by Crippen LogP contribution is 2.27. The van der Waals surface area contributed by atoms with E-state index in [-0.39, 0.29) is 11.4 Å². The summed E-state index contributed by atoms with van der Waals surface area (Å²) in [5.41, 5.74) is 0.246.